The van der Waals surface area contributed by atoms with Gasteiger partial charge in [0.15, 0.2) is 0 Å². The highest BCUT2D eigenvalue weighted by Crippen LogP contribution is 2.45. The topological polar surface area (TPSA) is 72.2 Å². The average Bonchev–Trinajstić information content (AvgIpc) is 3.02. The summed E-state index contributed by atoms with van der Waals surface area (Å²) in [6, 6.07) is 3.33. The summed E-state index contributed by atoms with van der Waals surface area (Å²) in [4.78, 5) is 0.262. The van der Waals surface area contributed by atoms with Gasteiger partial charge in [-0.15, -0.1) is 0 Å². The van der Waals surface area contributed by atoms with Crippen molar-refractivity contribution in [2.24, 2.45) is 17.6 Å². The Labute approximate surface area is 131 Å². The summed E-state index contributed by atoms with van der Waals surface area (Å²) >= 11 is 6.04. The summed E-state index contributed by atoms with van der Waals surface area (Å²) in [5.41, 5.74) is 7.14. The molecule has 0 spiro atoms. The van der Waals surface area contributed by atoms with Crippen LogP contribution in [0, 0.1) is 18.8 Å². The highest BCUT2D eigenvalue weighted by Gasteiger charge is 2.41. The monoisotopic (exact) mass is 328 g/mol. The third-order valence-electron chi connectivity index (χ3n) is 4.99. The minimum absolute atomic E-state index is 0.0773. The number of rotatable bonds is 4. The van der Waals surface area contributed by atoms with Crippen LogP contribution in [0.5, 0.6) is 0 Å². The molecule has 21 heavy (non-hydrogen) atoms. The number of nitrogens with one attached hydrogen (secondary N) is 1. The summed E-state index contributed by atoms with van der Waals surface area (Å²) in [6.45, 7) is 2.07. The molecule has 0 aromatic heterocycles. The van der Waals surface area contributed by atoms with Crippen LogP contribution in [-0.4, -0.2) is 14.5 Å². The van der Waals surface area contributed by atoms with Gasteiger partial charge in [0, 0.05) is 17.6 Å². The fraction of sp³-hybridized carbons (Fsp3) is 0.600. The predicted molar refractivity (Wildman–Crippen MR) is 83.6 cm³/mol. The molecule has 3 unspecified atom stereocenters. The van der Waals surface area contributed by atoms with Gasteiger partial charge in [0.25, 0.3) is 0 Å². The van der Waals surface area contributed by atoms with Crippen molar-refractivity contribution in [1.29, 1.82) is 0 Å². The van der Waals surface area contributed by atoms with Gasteiger partial charge in [-0.05, 0) is 61.3 Å². The van der Waals surface area contributed by atoms with Crippen molar-refractivity contribution < 1.29 is 8.42 Å². The lowest BCUT2D eigenvalue weighted by atomic mass is 9.96. The number of halogens is 1. The van der Waals surface area contributed by atoms with Crippen molar-refractivity contribution in [2.75, 3.05) is 0 Å². The van der Waals surface area contributed by atoms with Crippen LogP contribution in [-0.2, 0) is 16.6 Å². The van der Waals surface area contributed by atoms with Crippen LogP contribution in [0.1, 0.15) is 36.8 Å². The molecule has 2 bridgehead atoms. The van der Waals surface area contributed by atoms with Gasteiger partial charge in [-0.1, -0.05) is 18.0 Å². The van der Waals surface area contributed by atoms with E-state index >= 15 is 0 Å². The zero-order valence-corrected chi connectivity index (χ0v) is 13.7. The lowest BCUT2D eigenvalue weighted by molar-refractivity contribution is 0.390. The van der Waals surface area contributed by atoms with Crippen LogP contribution in [0.3, 0.4) is 0 Å². The van der Waals surface area contributed by atoms with Gasteiger partial charge in [-0.3, -0.25) is 0 Å². The molecule has 2 saturated carbocycles. The summed E-state index contributed by atoms with van der Waals surface area (Å²) in [5.74, 6) is 1.20. The smallest absolute Gasteiger partial charge is 0.241 e. The second-order valence-electron chi connectivity index (χ2n) is 6.29. The Morgan fingerprint density at radius 2 is 2.10 bits per heavy atom. The average molecular weight is 329 g/mol. The van der Waals surface area contributed by atoms with Crippen LogP contribution >= 0.6 is 11.6 Å². The molecule has 0 aliphatic heterocycles. The van der Waals surface area contributed by atoms with Crippen molar-refractivity contribution in [2.45, 2.75) is 50.1 Å². The maximum absolute atomic E-state index is 12.7. The Morgan fingerprint density at radius 3 is 2.67 bits per heavy atom. The van der Waals surface area contributed by atoms with Gasteiger partial charge < -0.3 is 5.73 Å². The maximum Gasteiger partial charge on any atom is 0.241 e. The fourth-order valence-electron chi connectivity index (χ4n) is 3.85. The Balaban J connectivity index is 1.90. The molecule has 0 heterocycles. The van der Waals surface area contributed by atoms with E-state index in [-0.39, 0.29) is 17.5 Å². The van der Waals surface area contributed by atoms with Crippen LogP contribution < -0.4 is 10.5 Å². The molecular formula is C15H21ClN2O2S. The third-order valence-corrected chi connectivity index (χ3v) is 6.82. The van der Waals surface area contributed by atoms with Gasteiger partial charge in [0.05, 0.1) is 4.90 Å². The van der Waals surface area contributed by atoms with E-state index in [0.29, 0.717) is 22.4 Å². The summed E-state index contributed by atoms with van der Waals surface area (Å²) in [6.07, 6.45) is 4.51. The lowest BCUT2D eigenvalue weighted by Crippen LogP contribution is -2.38. The Morgan fingerprint density at radius 1 is 1.33 bits per heavy atom. The second-order valence-corrected chi connectivity index (χ2v) is 8.41. The first-order chi connectivity index (χ1) is 9.90. The highest BCUT2D eigenvalue weighted by atomic mass is 35.5. The Kier molecular flexibility index (Phi) is 4.03. The first-order valence-electron chi connectivity index (χ1n) is 7.42. The molecule has 2 aliphatic rings. The first kappa shape index (κ1) is 15.3. The van der Waals surface area contributed by atoms with Crippen molar-refractivity contribution in [3.63, 3.8) is 0 Å². The number of hydrogen-bond donors (Lipinski definition) is 2. The van der Waals surface area contributed by atoms with E-state index in [9.17, 15) is 8.42 Å². The molecule has 4 nitrogen and oxygen atoms in total. The molecule has 1 aromatic rings. The minimum Gasteiger partial charge on any atom is -0.326 e. The van der Waals surface area contributed by atoms with Crippen LogP contribution in [0.4, 0.5) is 0 Å². The zero-order valence-electron chi connectivity index (χ0n) is 12.1. The molecule has 6 heteroatoms. The van der Waals surface area contributed by atoms with Gasteiger partial charge in [-0.2, -0.15) is 0 Å². The summed E-state index contributed by atoms with van der Waals surface area (Å²) in [7, 11) is -3.54. The molecule has 3 N–H and O–H groups in total. The van der Waals surface area contributed by atoms with E-state index in [1.807, 2.05) is 0 Å². The summed E-state index contributed by atoms with van der Waals surface area (Å²) < 4.78 is 28.3. The molecule has 0 radical (unpaired) electrons. The predicted octanol–water partition coefficient (Wildman–Crippen LogP) is 2.57. The van der Waals surface area contributed by atoms with Crippen LogP contribution in [0.2, 0.25) is 5.02 Å². The molecule has 0 amide bonds. The highest BCUT2D eigenvalue weighted by molar-refractivity contribution is 7.89. The molecular weight excluding hydrogens is 308 g/mol. The molecule has 2 fully saturated rings. The van der Waals surface area contributed by atoms with E-state index in [1.165, 1.54) is 12.5 Å². The Hall–Kier alpha value is -0.620. The number of hydrogen-bond acceptors (Lipinski definition) is 3. The zero-order chi connectivity index (χ0) is 15.2. The largest absolute Gasteiger partial charge is 0.326 e. The van der Waals surface area contributed by atoms with E-state index in [0.717, 1.165) is 24.8 Å². The van der Waals surface area contributed by atoms with E-state index in [2.05, 4.69) is 4.72 Å². The normalized spacial score (nSPS) is 28.2. The maximum atomic E-state index is 12.7. The quantitative estimate of drug-likeness (QED) is 0.892. The summed E-state index contributed by atoms with van der Waals surface area (Å²) in [5, 5.41) is 0.411. The third kappa shape index (κ3) is 2.84. The number of sulfonamides is 1. The minimum atomic E-state index is -3.54. The molecule has 1 aromatic carbocycles. The van der Waals surface area contributed by atoms with Crippen molar-refractivity contribution in [3.8, 4) is 0 Å². The van der Waals surface area contributed by atoms with Crippen molar-refractivity contribution in [3.05, 3.63) is 28.3 Å². The molecule has 3 rings (SSSR count). The van der Waals surface area contributed by atoms with Crippen molar-refractivity contribution in [1.82, 2.24) is 4.72 Å². The molecule has 116 valence electrons. The molecule has 0 saturated heterocycles. The van der Waals surface area contributed by atoms with Crippen molar-refractivity contribution >= 4 is 21.6 Å². The van der Waals surface area contributed by atoms with Crippen LogP contribution in [0.25, 0.3) is 0 Å². The van der Waals surface area contributed by atoms with E-state index in [1.54, 1.807) is 13.0 Å². The number of benzene rings is 1. The van der Waals surface area contributed by atoms with Gasteiger partial charge >= 0.3 is 0 Å². The lowest BCUT2D eigenvalue weighted by Gasteiger charge is -2.23. The molecule has 2 aliphatic carbocycles. The SMILES string of the molecule is Cc1c(CN)cc(Cl)cc1S(=O)(=O)NC1CC2CCC1C2. The van der Waals surface area contributed by atoms with E-state index < -0.39 is 10.0 Å². The second kappa shape index (κ2) is 5.54. The molecule has 3 atom stereocenters. The fourth-order valence-corrected chi connectivity index (χ4v) is 5.79. The standard InChI is InChI=1S/C15H21ClN2O2S/c1-9-12(8-17)6-13(16)7-15(9)21(19,20)18-14-5-10-2-3-11(14)4-10/h6-7,10-11,14,18H,2-5,8,17H2,1H3. The van der Waals surface area contributed by atoms with Crippen LogP contribution in [0.15, 0.2) is 17.0 Å². The van der Waals surface area contributed by atoms with Gasteiger partial charge in [0.2, 0.25) is 10.0 Å². The van der Waals surface area contributed by atoms with Gasteiger partial charge in [-0.25, -0.2) is 13.1 Å². The van der Waals surface area contributed by atoms with Gasteiger partial charge in [0.1, 0.15) is 0 Å². The number of nitrogens with two attached hydrogens (primary N) is 1. The number of fused-ring (bicyclic) bond motifs is 2. The Bertz CT molecular complexity index is 660. The van der Waals surface area contributed by atoms with E-state index in [4.69, 9.17) is 17.3 Å². The first-order valence-corrected chi connectivity index (χ1v) is 9.28.